The number of ether oxygens (including phenoxy) is 1. The van der Waals surface area contributed by atoms with Crippen molar-refractivity contribution in [3.63, 3.8) is 0 Å². The summed E-state index contributed by atoms with van der Waals surface area (Å²) in [6.07, 6.45) is 3.24. The summed E-state index contributed by atoms with van der Waals surface area (Å²) in [5.41, 5.74) is 0. The van der Waals surface area contributed by atoms with Crippen LogP contribution in [0.3, 0.4) is 0 Å². The van der Waals surface area contributed by atoms with E-state index in [1.54, 1.807) is 0 Å². The highest BCUT2D eigenvalue weighted by Crippen LogP contribution is 2.13. The second-order valence-corrected chi connectivity index (χ2v) is 4.35. The highest BCUT2D eigenvalue weighted by atomic mass is 16.5. The third-order valence-electron chi connectivity index (χ3n) is 2.90. The SMILES string of the molecule is CCCCNC(=O)C1COCC1NCCC. The highest BCUT2D eigenvalue weighted by Gasteiger charge is 2.33. The van der Waals surface area contributed by atoms with Gasteiger partial charge >= 0.3 is 0 Å². The number of carbonyl (C=O) groups is 1. The normalized spacial score (nSPS) is 24.6. The third-order valence-corrected chi connectivity index (χ3v) is 2.90. The van der Waals surface area contributed by atoms with E-state index < -0.39 is 0 Å². The molecule has 1 fully saturated rings. The van der Waals surface area contributed by atoms with E-state index in [0.29, 0.717) is 13.2 Å². The summed E-state index contributed by atoms with van der Waals surface area (Å²) in [6, 6.07) is 0.196. The van der Waals surface area contributed by atoms with Gasteiger partial charge in [0, 0.05) is 12.6 Å². The quantitative estimate of drug-likeness (QED) is 0.637. The summed E-state index contributed by atoms with van der Waals surface area (Å²) in [5.74, 6) is 0.128. The van der Waals surface area contributed by atoms with Crippen molar-refractivity contribution in [2.75, 3.05) is 26.3 Å². The minimum Gasteiger partial charge on any atom is -0.379 e. The molecule has 4 heteroatoms. The molecule has 2 atom stereocenters. The van der Waals surface area contributed by atoms with Crippen LogP contribution in [0.15, 0.2) is 0 Å². The summed E-state index contributed by atoms with van der Waals surface area (Å²) in [4.78, 5) is 11.9. The van der Waals surface area contributed by atoms with Crippen LogP contribution in [0.2, 0.25) is 0 Å². The smallest absolute Gasteiger partial charge is 0.227 e. The van der Waals surface area contributed by atoms with Gasteiger partial charge in [-0.2, -0.15) is 0 Å². The van der Waals surface area contributed by atoms with Crippen molar-refractivity contribution in [1.82, 2.24) is 10.6 Å². The average Bonchev–Trinajstić information content (AvgIpc) is 2.74. The van der Waals surface area contributed by atoms with E-state index >= 15 is 0 Å². The summed E-state index contributed by atoms with van der Waals surface area (Å²) in [5, 5.41) is 6.34. The Morgan fingerprint density at radius 1 is 1.25 bits per heavy atom. The molecular formula is C12H24N2O2. The fourth-order valence-electron chi connectivity index (χ4n) is 1.86. The van der Waals surface area contributed by atoms with Gasteiger partial charge in [-0.25, -0.2) is 0 Å². The zero-order valence-electron chi connectivity index (χ0n) is 10.4. The van der Waals surface area contributed by atoms with Crippen LogP contribution in [0, 0.1) is 5.92 Å². The molecule has 2 unspecified atom stereocenters. The Kier molecular flexibility index (Phi) is 6.42. The van der Waals surface area contributed by atoms with Crippen molar-refractivity contribution < 1.29 is 9.53 Å². The largest absolute Gasteiger partial charge is 0.379 e. The maximum Gasteiger partial charge on any atom is 0.227 e. The van der Waals surface area contributed by atoms with Crippen molar-refractivity contribution in [3.05, 3.63) is 0 Å². The Balaban J connectivity index is 2.29. The molecule has 0 radical (unpaired) electrons. The molecule has 1 saturated heterocycles. The number of hydrogen-bond acceptors (Lipinski definition) is 3. The van der Waals surface area contributed by atoms with E-state index in [1.165, 1.54) is 0 Å². The van der Waals surface area contributed by atoms with E-state index in [4.69, 9.17) is 4.74 Å². The predicted molar refractivity (Wildman–Crippen MR) is 64.3 cm³/mol. The molecule has 0 aromatic carbocycles. The molecule has 1 rings (SSSR count). The molecule has 0 spiro atoms. The van der Waals surface area contributed by atoms with Crippen LogP contribution in [0.25, 0.3) is 0 Å². The molecule has 16 heavy (non-hydrogen) atoms. The molecule has 1 heterocycles. The topological polar surface area (TPSA) is 50.4 Å². The zero-order chi connectivity index (χ0) is 11.8. The number of hydrogen-bond donors (Lipinski definition) is 2. The molecule has 0 bridgehead atoms. The lowest BCUT2D eigenvalue weighted by Crippen LogP contribution is -2.44. The predicted octanol–water partition coefficient (Wildman–Crippen LogP) is 0.917. The summed E-state index contributed by atoms with van der Waals surface area (Å²) in [7, 11) is 0. The molecule has 1 amide bonds. The standard InChI is InChI=1S/C12H24N2O2/c1-3-5-7-14-12(15)10-8-16-9-11(10)13-6-4-2/h10-11,13H,3-9H2,1-2H3,(H,14,15). The van der Waals surface area contributed by atoms with Gasteiger partial charge in [-0.05, 0) is 19.4 Å². The Morgan fingerprint density at radius 3 is 2.75 bits per heavy atom. The van der Waals surface area contributed by atoms with Crippen molar-refractivity contribution in [2.45, 2.75) is 39.2 Å². The van der Waals surface area contributed by atoms with E-state index in [2.05, 4.69) is 24.5 Å². The first-order chi connectivity index (χ1) is 7.79. The Morgan fingerprint density at radius 2 is 2.06 bits per heavy atom. The molecule has 2 N–H and O–H groups in total. The second-order valence-electron chi connectivity index (χ2n) is 4.35. The number of rotatable bonds is 7. The summed E-state index contributed by atoms with van der Waals surface area (Å²) in [6.45, 7) is 7.19. The van der Waals surface area contributed by atoms with Gasteiger partial charge in [0.25, 0.3) is 0 Å². The molecule has 94 valence electrons. The van der Waals surface area contributed by atoms with Gasteiger partial charge in [0.2, 0.25) is 5.91 Å². The number of amides is 1. The van der Waals surface area contributed by atoms with E-state index in [9.17, 15) is 4.79 Å². The van der Waals surface area contributed by atoms with Gasteiger partial charge in [0.05, 0.1) is 19.1 Å². The molecule has 0 aromatic rings. The fourth-order valence-corrected chi connectivity index (χ4v) is 1.86. The lowest BCUT2D eigenvalue weighted by atomic mass is 10.0. The van der Waals surface area contributed by atoms with Crippen LogP contribution in [0.5, 0.6) is 0 Å². The minimum absolute atomic E-state index is 0.0107. The number of nitrogens with one attached hydrogen (secondary N) is 2. The van der Waals surface area contributed by atoms with Crippen molar-refractivity contribution >= 4 is 5.91 Å². The van der Waals surface area contributed by atoms with E-state index in [0.717, 1.165) is 32.4 Å². The molecule has 1 aliphatic heterocycles. The molecule has 0 saturated carbocycles. The van der Waals surface area contributed by atoms with E-state index in [-0.39, 0.29) is 17.9 Å². The van der Waals surface area contributed by atoms with Gasteiger partial charge in [-0.15, -0.1) is 0 Å². The number of carbonyl (C=O) groups excluding carboxylic acids is 1. The van der Waals surface area contributed by atoms with Gasteiger partial charge in [0.1, 0.15) is 0 Å². The summed E-state index contributed by atoms with van der Waals surface area (Å²) < 4.78 is 5.37. The fraction of sp³-hybridized carbons (Fsp3) is 0.917. The maximum atomic E-state index is 11.9. The number of unbranched alkanes of at least 4 members (excludes halogenated alkanes) is 1. The van der Waals surface area contributed by atoms with Crippen LogP contribution >= 0.6 is 0 Å². The third kappa shape index (κ3) is 4.10. The van der Waals surface area contributed by atoms with Crippen LogP contribution in [0.4, 0.5) is 0 Å². The minimum atomic E-state index is -0.0107. The first kappa shape index (κ1) is 13.5. The molecule has 1 aliphatic rings. The van der Waals surface area contributed by atoms with Crippen molar-refractivity contribution in [2.24, 2.45) is 5.92 Å². The van der Waals surface area contributed by atoms with Crippen LogP contribution in [-0.2, 0) is 9.53 Å². The first-order valence-corrected chi connectivity index (χ1v) is 6.38. The van der Waals surface area contributed by atoms with Gasteiger partial charge in [-0.1, -0.05) is 20.3 Å². The first-order valence-electron chi connectivity index (χ1n) is 6.38. The molecule has 4 nitrogen and oxygen atoms in total. The maximum absolute atomic E-state index is 11.9. The lowest BCUT2D eigenvalue weighted by molar-refractivity contribution is -0.125. The van der Waals surface area contributed by atoms with Crippen molar-refractivity contribution in [1.29, 1.82) is 0 Å². The monoisotopic (exact) mass is 228 g/mol. The average molecular weight is 228 g/mol. The molecule has 0 aliphatic carbocycles. The molecule has 0 aromatic heterocycles. The highest BCUT2D eigenvalue weighted by molar-refractivity contribution is 5.79. The molecular weight excluding hydrogens is 204 g/mol. The second kappa shape index (κ2) is 7.63. The Bertz CT molecular complexity index is 209. The Hall–Kier alpha value is -0.610. The van der Waals surface area contributed by atoms with Crippen LogP contribution in [-0.4, -0.2) is 38.3 Å². The van der Waals surface area contributed by atoms with Gasteiger partial charge in [-0.3, -0.25) is 4.79 Å². The summed E-state index contributed by atoms with van der Waals surface area (Å²) >= 11 is 0. The van der Waals surface area contributed by atoms with Gasteiger partial charge < -0.3 is 15.4 Å². The van der Waals surface area contributed by atoms with Crippen LogP contribution in [0.1, 0.15) is 33.1 Å². The van der Waals surface area contributed by atoms with Gasteiger partial charge in [0.15, 0.2) is 0 Å². The Labute approximate surface area is 98.1 Å². The van der Waals surface area contributed by atoms with Crippen molar-refractivity contribution in [3.8, 4) is 0 Å². The van der Waals surface area contributed by atoms with Crippen LogP contribution < -0.4 is 10.6 Å². The van der Waals surface area contributed by atoms with E-state index in [1.807, 2.05) is 0 Å². The zero-order valence-corrected chi connectivity index (χ0v) is 10.4. The lowest BCUT2D eigenvalue weighted by Gasteiger charge is -2.18.